The summed E-state index contributed by atoms with van der Waals surface area (Å²) < 4.78 is 11.2. The lowest BCUT2D eigenvalue weighted by atomic mass is 10.1. The Labute approximate surface area is 133 Å². The molecule has 5 heteroatoms. The summed E-state index contributed by atoms with van der Waals surface area (Å²) in [6.45, 7) is 10.2. The van der Waals surface area contributed by atoms with Crippen molar-refractivity contribution in [3.63, 3.8) is 0 Å². The maximum atomic E-state index is 10.4. The molecule has 1 unspecified atom stereocenters. The SMILES string of the molecule is CCOc1ccc(C(O)CCN2CCNCC2)cc1OCC. The molecule has 2 N–H and O–H groups in total. The van der Waals surface area contributed by atoms with Crippen molar-refractivity contribution in [2.75, 3.05) is 45.9 Å². The van der Waals surface area contributed by atoms with Crippen LogP contribution < -0.4 is 14.8 Å². The van der Waals surface area contributed by atoms with Gasteiger partial charge < -0.3 is 24.8 Å². The normalized spacial score (nSPS) is 17.2. The molecule has 124 valence electrons. The zero-order valence-electron chi connectivity index (χ0n) is 13.7. The molecule has 0 aromatic heterocycles. The topological polar surface area (TPSA) is 54.0 Å². The fourth-order valence-corrected chi connectivity index (χ4v) is 2.68. The van der Waals surface area contributed by atoms with Crippen molar-refractivity contribution >= 4 is 0 Å². The molecular formula is C17H28N2O3. The van der Waals surface area contributed by atoms with E-state index in [0.717, 1.165) is 50.5 Å². The van der Waals surface area contributed by atoms with Crippen molar-refractivity contribution in [1.82, 2.24) is 10.2 Å². The highest BCUT2D eigenvalue weighted by molar-refractivity contribution is 5.43. The van der Waals surface area contributed by atoms with Gasteiger partial charge in [-0.05, 0) is 38.0 Å². The van der Waals surface area contributed by atoms with E-state index in [1.807, 2.05) is 32.0 Å². The largest absolute Gasteiger partial charge is 0.490 e. The summed E-state index contributed by atoms with van der Waals surface area (Å²) in [5, 5.41) is 13.8. The Morgan fingerprint density at radius 1 is 1.14 bits per heavy atom. The van der Waals surface area contributed by atoms with E-state index in [0.29, 0.717) is 19.0 Å². The predicted octanol–water partition coefficient (Wildman–Crippen LogP) is 1.81. The third-order valence-corrected chi connectivity index (χ3v) is 3.88. The number of hydrogen-bond donors (Lipinski definition) is 2. The van der Waals surface area contributed by atoms with E-state index in [1.165, 1.54) is 0 Å². The lowest BCUT2D eigenvalue weighted by Gasteiger charge is -2.28. The smallest absolute Gasteiger partial charge is 0.161 e. The summed E-state index contributed by atoms with van der Waals surface area (Å²) in [4.78, 5) is 2.39. The van der Waals surface area contributed by atoms with Gasteiger partial charge in [-0.25, -0.2) is 0 Å². The lowest BCUT2D eigenvalue weighted by Crippen LogP contribution is -2.44. The summed E-state index contributed by atoms with van der Waals surface area (Å²) in [6, 6.07) is 5.71. The first-order valence-corrected chi connectivity index (χ1v) is 8.25. The van der Waals surface area contributed by atoms with Gasteiger partial charge in [0.25, 0.3) is 0 Å². The van der Waals surface area contributed by atoms with Crippen LogP contribution in [-0.4, -0.2) is 55.9 Å². The number of benzene rings is 1. The molecule has 0 saturated carbocycles. The van der Waals surface area contributed by atoms with E-state index < -0.39 is 6.10 Å². The molecule has 0 aliphatic carbocycles. The molecule has 1 heterocycles. The standard InChI is InChI=1S/C17H28N2O3/c1-3-21-16-6-5-14(13-17(16)22-4-2)15(20)7-10-19-11-8-18-9-12-19/h5-6,13,15,18,20H,3-4,7-12H2,1-2H3. The summed E-state index contributed by atoms with van der Waals surface area (Å²) in [5.41, 5.74) is 0.891. The van der Waals surface area contributed by atoms with Crippen molar-refractivity contribution in [2.24, 2.45) is 0 Å². The van der Waals surface area contributed by atoms with Crippen molar-refractivity contribution < 1.29 is 14.6 Å². The number of nitrogens with one attached hydrogen (secondary N) is 1. The first-order chi connectivity index (χ1) is 10.7. The average molecular weight is 308 g/mol. The van der Waals surface area contributed by atoms with Crippen LogP contribution in [0.1, 0.15) is 31.9 Å². The Morgan fingerprint density at radius 3 is 2.50 bits per heavy atom. The quantitative estimate of drug-likeness (QED) is 0.767. The molecule has 1 aliphatic heterocycles. The van der Waals surface area contributed by atoms with Crippen LogP contribution in [-0.2, 0) is 0 Å². The van der Waals surface area contributed by atoms with Gasteiger partial charge in [0.05, 0.1) is 19.3 Å². The second-order valence-electron chi connectivity index (χ2n) is 5.47. The van der Waals surface area contributed by atoms with E-state index >= 15 is 0 Å². The van der Waals surface area contributed by atoms with Crippen LogP contribution in [0.25, 0.3) is 0 Å². The number of piperazine rings is 1. The monoisotopic (exact) mass is 308 g/mol. The fourth-order valence-electron chi connectivity index (χ4n) is 2.68. The lowest BCUT2D eigenvalue weighted by molar-refractivity contribution is 0.136. The highest BCUT2D eigenvalue weighted by Gasteiger charge is 2.15. The van der Waals surface area contributed by atoms with Crippen LogP contribution in [0, 0.1) is 0 Å². The molecule has 0 spiro atoms. The third kappa shape index (κ3) is 4.87. The second kappa shape index (κ2) is 8.98. The van der Waals surface area contributed by atoms with E-state index in [2.05, 4.69) is 10.2 Å². The second-order valence-corrected chi connectivity index (χ2v) is 5.47. The van der Waals surface area contributed by atoms with Gasteiger partial charge in [0.15, 0.2) is 11.5 Å². The van der Waals surface area contributed by atoms with Crippen molar-refractivity contribution in [3.05, 3.63) is 23.8 Å². The Hall–Kier alpha value is -1.30. The molecule has 1 aliphatic rings. The molecule has 0 bridgehead atoms. The van der Waals surface area contributed by atoms with Gasteiger partial charge in [0, 0.05) is 32.7 Å². The first kappa shape index (κ1) is 17.1. The van der Waals surface area contributed by atoms with Gasteiger partial charge in [-0.15, -0.1) is 0 Å². The molecule has 2 rings (SSSR count). The zero-order chi connectivity index (χ0) is 15.8. The van der Waals surface area contributed by atoms with Crippen molar-refractivity contribution in [3.8, 4) is 11.5 Å². The molecule has 0 radical (unpaired) electrons. The van der Waals surface area contributed by atoms with Gasteiger partial charge >= 0.3 is 0 Å². The summed E-state index contributed by atoms with van der Waals surface area (Å²) in [5.74, 6) is 1.45. The maximum absolute atomic E-state index is 10.4. The maximum Gasteiger partial charge on any atom is 0.161 e. The third-order valence-electron chi connectivity index (χ3n) is 3.88. The van der Waals surface area contributed by atoms with Crippen LogP contribution >= 0.6 is 0 Å². The average Bonchev–Trinajstić information content (AvgIpc) is 2.55. The Bertz CT molecular complexity index is 448. The Morgan fingerprint density at radius 2 is 1.82 bits per heavy atom. The number of aliphatic hydroxyl groups excluding tert-OH is 1. The summed E-state index contributed by atoms with van der Waals surface area (Å²) >= 11 is 0. The minimum atomic E-state index is -0.468. The highest BCUT2D eigenvalue weighted by atomic mass is 16.5. The Balaban J connectivity index is 1.95. The van der Waals surface area contributed by atoms with E-state index in [4.69, 9.17) is 9.47 Å². The number of nitrogens with zero attached hydrogens (tertiary/aromatic N) is 1. The van der Waals surface area contributed by atoms with Gasteiger partial charge in [-0.3, -0.25) is 0 Å². The molecule has 1 atom stereocenters. The van der Waals surface area contributed by atoms with Gasteiger partial charge in [-0.1, -0.05) is 6.07 Å². The molecule has 0 amide bonds. The van der Waals surface area contributed by atoms with Gasteiger partial charge in [-0.2, -0.15) is 0 Å². The molecule has 1 fully saturated rings. The molecule has 1 saturated heterocycles. The summed E-state index contributed by atoms with van der Waals surface area (Å²) in [7, 11) is 0. The van der Waals surface area contributed by atoms with Crippen LogP contribution in [0.3, 0.4) is 0 Å². The number of hydrogen-bond acceptors (Lipinski definition) is 5. The minimum Gasteiger partial charge on any atom is -0.490 e. The van der Waals surface area contributed by atoms with E-state index in [-0.39, 0.29) is 0 Å². The predicted molar refractivity (Wildman–Crippen MR) is 87.7 cm³/mol. The van der Waals surface area contributed by atoms with Crippen LogP contribution in [0.4, 0.5) is 0 Å². The van der Waals surface area contributed by atoms with Crippen LogP contribution in [0.15, 0.2) is 18.2 Å². The van der Waals surface area contributed by atoms with Crippen LogP contribution in [0.2, 0.25) is 0 Å². The van der Waals surface area contributed by atoms with Gasteiger partial charge in [0.2, 0.25) is 0 Å². The molecular weight excluding hydrogens is 280 g/mol. The van der Waals surface area contributed by atoms with Gasteiger partial charge in [0.1, 0.15) is 0 Å². The molecule has 1 aromatic rings. The first-order valence-electron chi connectivity index (χ1n) is 8.25. The molecule has 22 heavy (non-hydrogen) atoms. The van der Waals surface area contributed by atoms with E-state index in [9.17, 15) is 5.11 Å². The van der Waals surface area contributed by atoms with Crippen LogP contribution in [0.5, 0.6) is 11.5 Å². The fraction of sp³-hybridized carbons (Fsp3) is 0.647. The van der Waals surface area contributed by atoms with Crippen molar-refractivity contribution in [1.29, 1.82) is 0 Å². The molecule has 5 nitrogen and oxygen atoms in total. The van der Waals surface area contributed by atoms with Crippen molar-refractivity contribution in [2.45, 2.75) is 26.4 Å². The Kier molecular flexibility index (Phi) is 6.96. The zero-order valence-corrected chi connectivity index (χ0v) is 13.7. The summed E-state index contributed by atoms with van der Waals surface area (Å²) in [6.07, 6.45) is 0.268. The highest BCUT2D eigenvalue weighted by Crippen LogP contribution is 2.31. The number of aliphatic hydroxyl groups is 1. The molecule has 1 aromatic carbocycles. The number of ether oxygens (including phenoxy) is 2. The number of rotatable bonds is 8. The minimum absolute atomic E-state index is 0.468. The van der Waals surface area contributed by atoms with E-state index in [1.54, 1.807) is 0 Å².